The highest BCUT2D eigenvalue weighted by molar-refractivity contribution is 7.09. The summed E-state index contributed by atoms with van der Waals surface area (Å²) in [5, 5.41) is 0. The fourth-order valence-corrected chi connectivity index (χ4v) is 2.30. The minimum absolute atomic E-state index is 0.286. The Kier molecular flexibility index (Phi) is 6.46. The topological polar surface area (TPSA) is 18.5 Å². The van der Waals surface area contributed by atoms with Crippen molar-refractivity contribution in [1.82, 2.24) is 0 Å². The van der Waals surface area contributed by atoms with Crippen molar-refractivity contribution in [2.45, 2.75) is 26.4 Å². The predicted molar refractivity (Wildman–Crippen MR) is 93.4 cm³/mol. The second-order valence-corrected chi connectivity index (χ2v) is 5.64. The van der Waals surface area contributed by atoms with Gasteiger partial charge in [0.2, 0.25) is 0 Å². The van der Waals surface area contributed by atoms with Crippen LogP contribution in [0, 0.1) is 19.0 Å². The monoisotopic (exact) mass is 312 g/mol. The SMILES string of the molecule is Cc1ccc(C(C)COC#Cc2ccccc2)cc1COP. The van der Waals surface area contributed by atoms with Crippen molar-refractivity contribution in [1.29, 1.82) is 0 Å². The number of aryl methyl sites for hydroxylation is 1. The van der Waals surface area contributed by atoms with Crippen LogP contribution >= 0.6 is 9.47 Å². The van der Waals surface area contributed by atoms with Crippen LogP contribution in [0.5, 0.6) is 0 Å². The molecule has 0 radical (unpaired) electrons. The fourth-order valence-electron chi connectivity index (χ4n) is 2.12. The highest BCUT2D eigenvalue weighted by Crippen LogP contribution is 2.20. The minimum atomic E-state index is 0.286. The maximum Gasteiger partial charge on any atom is 0.115 e. The van der Waals surface area contributed by atoms with E-state index in [1.54, 1.807) is 0 Å². The van der Waals surface area contributed by atoms with Gasteiger partial charge in [0.05, 0.1) is 6.61 Å². The number of rotatable bonds is 5. The van der Waals surface area contributed by atoms with E-state index in [1.807, 2.05) is 30.3 Å². The van der Waals surface area contributed by atoms with Gasteiger partial charge in [0.1, 0.15) is 12.7 Å². The van der Waals surface area contributed by atoms with E-state index in [-0.39, 0.29) is 5.92 Å². The van der Waals surface area contributed by atoms with E-state index in [0.717, 1.165) is 5.56 Å². The third-order valence-electron chi connectivity index (χ3n) is 3.56. The molecular weight excluding hydrogens is 291 g/mol. The van der Waals surface area contributed by atoms with Crippen LogP contribution in [-0.4, -0.2) is 6.61 Å². The third-order valence-corrected chi connectivity index (χ3v) is 3.72. The molecule has 0 spiro atoms. The second kappa shape index (κ2) is 8.59. The van der Waals surface area contributed by atoms with Crippen molar-refractivity contribution >= 4 is 9.47 Å². The van der Waals surface area contributed by atoms with E-state index in [1.165, 1.54) is 16.7 Å². The molecule has 2 aromatic rings. The van der Waals surface area contributed by atoms with Crippen LogP contribution < -0.4 is 0 Å². The lowest BCUT2D eigenvalue weighted by molar-refractivity contribution is 0.258. The normalized spacial score (nSPS) is 11.4. The van der Waals surface area contributed by atoms with Gasteiger partial charge >= 0.3 is 0 Å². The van der Waals surface area contributed by atoms with E-state index in [0.29, 0.717) is 13.2 Å². The lowest BCUT2D eigenvalue weighted by Gasteiger charge is -2.13. The van der Waals surface area contributed by atoms with Crippen molar-refractivity contribution in [2.24, 2.45) is 0 Å². The minimum Gasteiger partial charge on any atom is -0.446 e. The molecule has 0 saturated heterocycles. The molecule has 0 bridgehead atoms. The second-order valence-electron chi connectivity index (χ2n) is 5.30. The van der Waals surface area contributed by atoms with Gasteiger partial charge in [0.25, 0.3) is 0 Å². The summed E-state index contributed by atoms with van der Waals surface area (Å²) in [5.41, 5.74) is 4.65. The van der Waals surface area contributed by atoms with Gasteiger partial charge in [-0.15, -0.1) is 0 Å². The Morgan fingerprint density at radius 3 is 2.64 bits per heavy atom. The molecule has 114 valence electrons. The zero-order valence-electron chi connectivity index (χ0n) is 13.0. The number of benzene rings is 2. The van der Waals surface area contributed by atoms with Gasteiger partial charge in [0, 0.05) is 20.9 Å². The van der Waals surface area contributed by atoms with Crippen LogP contribution in [0.15, 0.2) is 48.5 Å². The van der Waals surface area contributed by atoms with E-state index >= 15 is 0 Å². The van der Waals surface area contributed by atoms with Crippen molar-refractivity contribution in [3.05, 3.63) is 70.8 Å². The van der Waals surface area contributed by atoms with E-state index in [4.69, 9.17) is 9.26 Å². The number of hydrogen-bond donors (Lipinski definition) is 0. The molecule has 0 amide bonds. The third kappa shape index (κ3) is 4.88. The van der Waals surface area contributed by atoms with Crippen LogP contribution in [0.4, 0.5) is 0 Å². The Morgan fingerprint density at radius 1 is 1.14 bits per heavy atom. The quantitative estimate of drug-likeness (QED) is 0.600. The van der Waals surface area contributed by atoms with Crippen molar-refractivity contribution in [3.63, 3.8) is 0 Å². The highest BCUT2D eigenvalue weighted by Gasteiger charge is 2.08. The first-order valence-electron chi connectivity index (χ1n) is 7.29. The molecule has 0 aromatic heterocycles. The van der Waals surface area contributed by atoms with E-state index < -0.39 is 0 Å². The smallest absolute Gasteiger partial charge is 0.115 e. The first-order chi connectivity index (χ1) is 10.7. The summed E-state index contributed by atoms with van der Waals surface area (Å²) >= 11 is 0. The Hall–Kier alpha value is -1.81. The molecule has 0 N–H and O–H groups in total. The molecule has 0 aliphatic carbocycles. The molecule has 3 heteroatoms. The van der Waals surface area contributed by atoms with Crippen LogP contribution in [-0.2, 0) is 15.9 Å². The number of ether oxygens (including phenoxy) is 1. The molecule has 0 heterocycles. The molecule has 0 fully saturated rings. The summed E-state index contributed by atoms with van der Waals surface area (Å²) in [6, 6.07) is 16.3. The maximum atomic E-state index is 5.49. The molecule has 0 aliphatic heterocycles. The van der Waals surface area contributed by atoms with Gasteiger partial charge in [-0.2, -0.15) is 0 Å². The predicted octanol–water partition coefficient (Wildman–Crippen LogP) is 4.43. The van der Waals surface area contributed by atoms with Crippen molar-refractivity contribution in [3.8, 4) is 12.0 Å². The molecule has 22 heavy (non-hydrogen) atoms. The zero-order chi connectivity index (χ0) is 15.8. The number of hydrogen-bond acceptors (Lipinski definition) is 2. The molecule has 2 rings (SSSR count). The molecule has 2 aromatic carbocycles. The first-order valence-corrected chi connectivity index (χ1v) is 7.77. The summed E-state index contributed by atoms with van der Waals surface area (Å²) in [6.45, 7) is 5.41. The van der Waals surface area contributed by atoms with E-state index in [9.17, 15) is 0 Å². The molecule has 2 unspecified atom stereocenters. The first kappa shape index (κ1) is 16.6. The Labute approximate surface area is 135 Å². The fraction of sp³-hybridized carbons (Fsp3) is 0.263. The van der Waals surface area contributed by atoms with Gasteiger partial charge in [-0.3, -0.25) is 0 Å². The Balaban J connectivity index is 1.94. The van der Waals surface area contributed by atoms with Crippen LogP contribution in [0.3, 0.4) is 0 Å². The Bertz CT molecular complexity index is 656. The maximum absolute atomic E-state index is 5.49. The molecule has 2 nitrogen and oxygen atoms in total. The van der Waals surface area contributed by atoms with Crippen molar-refractivity contribution in [2.75, 3.05) is 6.61 Å². The standard InChI is InChI=1S/C19H21O2P/c1-15-8-9-18(12-19(15)14-21-22)16(2)13-20-11-10-17-6-4-3-5-7-17/h3-9,12,16H,13-14,22H2,1-2H3. The van der Waals surface area contributed by atoms with Gasteiger partial charge < -0.3 is 9.26 Å². The summed E-state index contributed by atoms with van der Waals surface area (Å²) in [5.74, 6) is 3.28. The Morgan fingerprint density at radius 2 is 1.91 bits per heavy atom. The van der Waals surface area contributed by atoms with Crippen LogP contribution in [0.2, 0.25) is 0 Å². The highest BCUT2D eigenvalue weighted by atomic mass is 31.0. The average molecular weight is 312 g/mol. The van der Waals surface area contributed by atoms with Gasteiger partial charge in [-0.25, -0.2) is 0 Å². The molecule has 0 saturated carbocycles. The van der Waals surface area contributed by atoms with Gasteiger partial charge in [-0.1, -0.05) is 43.3 Å². The summed E-state index contributed by atoms with van der Waals surface area (Å²) < 4.78 is 10.6. The van der Waals surface area contributed by atoms with Gasteiger partial charge in [0.15, 0.2) is 0 Å². The summed E-state index contributed by atoms with van der Waals surface area (Å²) in [7, 11) is 2.29. The van der Waals surface area contributed by atoms with Crippen LogP contribution in [0.1, 0.15) is 35.1 Å². The molecular formula is C19H21O2P. The van der Waals surface area contributed by atoms with E-state index in [2.05, 4.69) is 53.5 Å². The van der Waals surface area contributed by atoms with Crippen LogP contribution in [0.25, 0.3) is 0 Å². The summed E-state index contributed by atoms with van der Waals surface area (Å²) in [6.07, 6.45) is 2.78. The van der Waals surface area contributed by atoms with Crippen molar-refractivity contribution < 1.29 is 9.26 Å². The lowest BCUT2D eigenvalue weighted by atomic mass is 9.97. The molecule has 2 atom stereocenters. The van der Waals surface area contributed by atoms with Gasteiger partial charge in [-0.05, 0) is 41.7 Å². The average Bonchev–Trinajstić information content (AvgIpc) is 2.54. The largest absolute Gasteiger partial charge is 0.446 e. The zero-order valence-corrected chi connectivity index (χ0v) is 14.2. The molecule has 0 aliphatic rings. The summed E-state index contributed by atoms with van der Waals surface area (Å²) in [4.78, 5) is 0. The lowest BCUT2D eigenvalue weighted by Crippen LogP contribution is -2.03.